The highest BCUT2D eigenvalue weighted by molar-refractivity contribution is 8.18. The normalized spacial score (nSPS) is 15.4. The monoisotopic (exact) mass is 414 g/mol. The molecular weight excluding hydrogens is 392 g/mol. The molecule has 0 atom stereocenters. The Morgan fingerprint density at radius 3 is 2.45 bits per heavy atom. The summed E-state index contributed by atoms with van der Waals surface area (Å²) < 4.78 is 11.7. The number of hydrogen-bond acceptors (Lipinski definition) is 6. The summed E-state index contributed by atoms with van der Waals surface area (Å²) in [5, 5.41) is -0.287. The van der Waals surface area contributed by atoms with Crippen molar-refractivity contribution in [1.82, 2.24) is 9.47 Å². The molecule has 0 radical (unpaired) electrons. The van der Waals surface area contributed by atoms with Crippen molar-refractivity contribution in [2.24, 2.45) is 0 Å². The van der Waals surface area contributed by atoms with Gasteiger partial charge in [-0.3, -0.25) is 14.5 Å². The van der Waals surface area contributed by atoms with Gasteiger partial charge in [0.25, 0.3) is 11.1 Å². The Kier molecular flexibility index (Phi) is 6.24. The Balaban J connectivity index is 1.90. The van der Waals surface area contributed by atoms with E-state index in [1.807, 2.05) is 36.6 Å². The van der Waals surface area contributed by atoms with Crippen LogP contribution < -0.4 is 0 Å². The molecule has 0 spiro atoms. The molecule has 1 aromatic heterocycles. The fourth-order valence-corrected chi connectivity index (χ4v) is 4.07. The summed E-state index contributed by atoms with van der Waals surface area (Å²) in [4.78, 5) is 37.9. The number of imide groups is 1. The average molecular weight is 414 g/mol. The Labute approximate surface area is 173 Å². The van der Waals surface area contributed by atoms with Crippen LogP contribution in [0.3, 0.4) is 0 Å². The lowest BCUT2D eigenvalue weighted by Crippen LogP contribution is -2.31. The second-order valence-electron chi connectivity index (χ2n) is 6.53. The molecule has 0 N–H and O–H groups in total. The molecule has 0 aliphatic carbocycles. The minimum absolute atomic E-state index is 0.240. The van der Waals surface area contributed by atoms with Crippen molar-refractivity contribution in [1.29, 1.82) is 0 Å². The third-order valence-corrected chi connectivity index (χ3v) is 5.60. The van der Waals surface area contributed by atoms with Crippen LogP contribution in [0.25, 0.3) is 11.8 Å². The van der Waals surface area contributed by atoms with E-state index in [4.69, 9.17) is 9.47 Å². The minimum Gasteiger partial charge on any atom is -0.465 e. The third-order valence-electron chi connectivity index (χ3n) is 4.70. The second kappa shape index (κ2) is 8.67. The molecule has 1 saturated heterocycles. The molecule has 2 aromatic rings. The summed E-state index contributed by atoms with van der Waals surface area (Å²) in [5.41, 5.74) is 4.12. The van der Waals surface area contributed by atoms with Crippen LogP contribution in [0.15, 0.2) is 35.2 Å². The summed E-state index contributed by atoms with van der Waals surface area (Å²) in [6.07, 6.45) is 1.75. The molecular formula is C21H22N2O5S. The molecule has 8 heteroatoms. The van der Waals surface area contributed by atoms with Crippen molar-refractivity contribution in [2.75, 3.05) is 27.4 Å². The average Bonchev–Trinajstić information content (AvgIpc) is 3.14. The van der Waals surface area contributed by atoms with Gasteiger partial charge in [-0.2, -0.15) is 0 Å². The first-order valence-electron chi connectivity index (χ1n) is 8.99. The highest BCUT2D eigenvalue weighted by Gasteiger charge is 2.34. The molecule has 1 aromatic carbocycles. The maximum atomic E-state index is 12.5. The Bertz CT molecular complexity index is 991. The van der Waals surface area contributed by atoms with Crippen molar-refractivity contribution in [3.63, 3.8) is 0 Å². The number of thioether (sulfide) groups is 1. The molecule has 0 unspecified atom stereocenters. The molecule has 7 nitrogen and oxygen atoms in total. The fourth-order valence-electron chi connectivity index (χ4n) is 3.21. The van der Waals surface area contributed by atoms with E-state index < -0.39 is 0 Å². The van der Waals surface area contributed by atoms with Gasteiger partial charge in [-0.05, 0) is 67.6 Å². The summed E-state index contributed by atoms with van der Waals surface area (Å²) >= 11 is 0.937. The van der Waals surface area contributed by atoms with Crippen LogP contribution in [0.5, 0.6) is 0 Å². The number of rotatable bonds is 6. The molecule has 1 aliphatic rings. The minimum atomic E-state index is -0.387. The van der Waals surface area contributed by atoms with Crippen molar-refractivity contribution < 1.29 is 23.9 Å². The lowest BCUT2D eigenvalue weighted by atomic mass is 10.2. The van der Waals surface area contributed by atoms with E-state index in [2.05, 4.69) is 0 Å². The van der Waals surface area contributed by atoms with E-state index in [9.17, 15) is 14.4 Å². The van der Waals surface area contributed by atoms with Crippen molar-refractivity contribution in [2.45, 2.75) is 13.8 Å². The van der Waals surface area contributed by atoms with E-state index in [0.29, 0.717) is 17.1 Å². The van der Waals surface area contributed by atoms with E-state index in [1.54, 1.807) is 18.2 Å². The van der Waals surface area contributed by atoms with E-state index >= 15 is 0 Å². The van der Waals surface area contributed by atoms with E-state index in [-0.39, 0.29) is 23.7 Å². The molecule has 0 bridgehead atoms. The molecule has 2 heterocycles. The Morgan fingerprint density at radius 1 is 1.14 bits per heavy atom. The fraction of sp³-hybridized carbons (Fsp3) is 0.286. The van der Waals surface area contributed by atoms with Crippen LogP contribution in [0.4, 0.5) is 4.79 Å². The SMILES string of the molecule is COCCN1C(=O)S/C(=C/c2cc(C)n(-c3ccc(C(=O)OC)cc3)c2C)C1=O. The Hall–Kier alpha value is -2.84. The van der Waals surface area contributed by atoms with Crippen molar-refractivity contribution >= 4 is 35.0 Å². The number of esters is 1. The first-order chi connectivity index (χ1) is 13.9. The zero-order valence-corrected chi connectivity index (χ0v) is 17.5. The van der Waals surface area contributed by atoms with Gasteiger partial charge in [0, 0.05) is 24.2 Å². The van der Waals surface area contributed by atoms with Gasteiger partial charge in [0.2, 0.25) is 0 Å². The summed E-state index contributed by atoms with van der Waals surface area (Å²) in [7, 11) is 2.88. The van der Waals surface area contributed by atoms with Gasteiger partial charge in [0.1, 0.15) is 0 Å². The number of nitrogens with zero attached hydrogens (tertiary/aromatic N) is 2. The standard InChI is InChI=1S/C21H22N2O5S/c1-13-11-16(12-18-19(24)22(9-10-27-3)21(26)29-18)14(2)23(13)17-7-5-15(6-8-17)20(25)28-4/h5-8,11-12H,9-10H2,1-4H3/b18-12+. The highest BCUT2D eigenvalue weighted by Crippen LogP contribution is 2.33. The molecule has 29 heavy (non-hydrogen) atoms. The van der Waals surface area contributed by atoms with Crippen LogP contribution >= 0.6 is 11.8 Å². The van der Waals surface area contributed by atoms with Gasteiger partial charge in [0.15, 0.2) is 0 Å². The molecule has 2 amide bonds. The maximum absolute atomic E-state index is 12.5. The molecule has 0 saturated carbocycles. The molecule has 3 rings (SSSR count). The number of aryl methyl sites for hydroxylation is 1. The van der Waals surface area contributed by atoms with Crippen LogP contribution in [0.2, 0.25) is 0 Å². The number of amides is 2. The first kappa shape index (κ1) is 20.9. The van der Waals surface area contributed by atoms with Gasteiger partial charge in [-0.15, -0.1) is 0 Å². The molecule has 152 valence electrons. The van der Waals surface area contributed by atoms with Crippen LogP contribution in [0, 0.1) is 13.8 Å². The van der Waals surface area contributed by atoms with Gasteiger partial charge in [0.05, 0.1) is 30.7 Å². The third kappa shape index (κ3) is 4.13. The smallest absolute Gasteiger partial charge is 0.337 e. The van der Waals surface area contributed by atoms with Gasteiger partial charge in [-0.25, -0.2) is 4.79 Å². The number of aromatic nitrogens is 1. The van der Waals surface area contributed by atoms with E-state index in [0.717, 1.165) is 34.4 Å². The van der Waals surface area contributed by atoms with Gasteiger partial charge < -0.3 is 14.0 Å². The first-order valence-corrected chi connectivity index (χ1v) is 9.81. The summed E-state index contributed by atoms with van der Waals surface area (Å²) in [6.45, 7) is 4.45. The second-order valence-corrected chi connectivity index (χ2v) is 7.52. The summed E-state index contributed by atoms with van der Waals surface area (Å²) in [5.74, 6) is -0.688. The number of hydrogen-bond donors (Lipinski definition) is 0. The van der Waals surface area contributed by atoms with Crippen molar-refractivity contribution in [3.8, 4) is 5.69 Å². The number of ether oxygens (including phenoxy) is 2. The quantitative estimate of drug-likeness (QED) is 0.531. The number of carbonyl (C=O) groups excluding carboxylic acids is 3. The lowest BCUT2D eigenvalue weighted by molar-refractivity contribution is -0.123. The van der Waals surface area contributed by atoms with Gasteiger partial charge in [-0.1, -0.05) is 0 Å². The predicted octanol–water partition coefficient (Wildman–Crippen LogP) is 3.56. The maximum Gasteiger partial charge on any atom is 0.337 e. The molecule has 1 aliphatic heterocycles. The largest absolute Gasteiger partial charge is 0.465 e. The number of methoxy groups -OCH3 is 2. The van der Waals surface area contributed by atoms with Gasteiger partial charge >= 0.3 is 5.97 Å². The van der Waals surface area contributed by atoms with Crippen LogP contribution in [-0.4, -0.2) is 54.0 Å². The highest BCUT2D eigenvalue weighted by atomic mass is 32.2. The van der Waals surface area contributed by atoms with Crippen LogP contribution in [0.1, 0.15) is 27.3 Å². The zero-order valence-electron chi connectivity index (χ0n) is 16.7. The van der Waals surface area contributed by atoms with Crippen LogP contribution in [-0.2, 0) is 14.3 Å². The van der Waals surface area contributed by atoms with Crippen molar-refractivity contribution in [3.05, 3.63) is 57.8 Å². The number of carbonyl (C=O) groups is 3. The lowest BCUT2D eigenvalue weighted by Gasteiger charge is -2.11. The summed E-state index contributed by atoms with van der Waals surface area (Å²) in [6, 6.07) is 9.07. The molecule has 1 fully saturated rings. The zero-order chi connectivity index (χ0) is 21.1. The predicted molar refractivity (Wildman–Crippen MR) is 111 cm³/mol. The topological polar surface area (TPSA) is 77.8 Å². The number of benzene rings is 1. The Morgan fingerprint density at radius 2 is 1.83 bits per heavy atom. The van der Waals surface area contributed by atoms with E-state index in [1.165, 1.54) is 19.1 Å².